The first-order valence-corrected chi connectivity index (χ1v) is 8.31. The molecule has 0 heterocycles. The van der Waals surface area contributed by atoms with E-state index in [0.717, 1.165) is 5.92 Å². The van der Waals surface area contributed by atoms with Gasteiger partial charge >= 0.3 is 0 Å². The first-order valence-electron chi connectivity index (χ1n) is 8.31. The standard InChI is InChI=1S/C17H36O/c1-4-5-6-7-8-9-10-12-16(2)13-11-14-17(3)15-18/h16-18H,4-15H2,1-3H3/t16-,17+/m0/s1. The van der Waals surface area contributed by atoms with Crippen LogP contribution in [0.3, 0.4) is 0 Å². The molecule has 0 spiro atoms. The summed E-state index contributed by atoms with van der Waals surface area (Å²) in [6.45, 7) is 7.16. The summed E-state index contributed by atoms with van der Waals surface area (Å²) in [5.41, 5.74) is 0. The van der Waals surface area contributed by atoms with Crippen LogP contribution in [0.5, 0.6) is 0 Å². The van der Waals surface area contributed by atoms with E-state index in [2.05, 4.69) is 20.8 Å². The Morgan fingerprint density at radius 1 is 0.667 bits per heavy atom. The molecule has 0 aromatic carbocycles. The molecule has 1 N–H and O–H groups in total. The molecule has 2 atom stereocenters. The van der Waals surface area contributed by atoms with Gasteiger partial charge in [0.15, 0.2) is 0 Å². The van der Waals surface area contributed by atoms with Gasteiger partial charge in [0.05, 0.1) is 0 Å². The van der Waals surface area contributed by atoms with Gasteiger partial charge in [-0.2, -0.15) is 0 Å². The van der Waals surface area contributed by atoms with Crippen LogP contribution in [-0.2, 0) is 0 Å². The van der Waals surface area contributed by atoms with E-state index in [1.807, 2.05) is 0 Å². The predicted octanol–water partition coefficient (Wildman–Crippen LogP) is 5.56. The fourth-order valence-electron chi connectivity index (χ4n) is 2.50. The third-order valence-corrected chi connectivity index (χ3v) is 4.01. The fourth-order valence-corrected chi connectivity index (χ4v) is 2.50. The minimum atomic E-state index is 0.353. The molecule has 0 amide bonds. The van der Waals surface area contributed by atoms with Gasteiger partial charge in [-0.25, -0.2) is 0 Å². The largest absolute Gasteiger partial charge is 0.396 e. The minimum Gasteiger partial charge on any atom is -0.396 e. The Bertz CT molecular complexity index is 156. The van der Waals surface area contributed by atoms with Crippen LogP contribution in [0.15, 0.2) is 0 Å². The molecule has 0 saturated heterocycles. The van der Waals surface area contributed by atoms with Crippen molar-refractivity contribution in [3.8, 4) is 0 Å². The zero-order valence-corrected chi connectivity index (χ0v) is 13.1. The summed E-state index contributed by atoms with van der Waals surface area (Å²) in [6, 6.07) is 0. The van der Waals surface area contributed by atoms with Crippen LogP contribution in [0.25, 0.3) is 0 Å². The highest BCUT2D eigenvalue weighted by atomic mass is 16.3. The van der Waals surface area contributed by atoms with E-state index in [1.54, 1.807) is 0 Å². The van der Waals surface area contributed by atoms with E-state index < -0.39 is 0 Å². The lowest BCUT2D eigenvalue weighted by atomic mass is 9.94. The molecule has 0 bridgehead atoms. The molecular weight excluding hydrogens is 220 g/mol. The highest BCUT2D eigenvalue weighted by molar-refractivity contribution is 4.57. The predicted molar refractivity (Wildman–Crippen MR) is 81.9 cm³/mol. The van der Waals surface area contributed by atoms with E-state index in [-0.39, 0.29) is 0 Å². The van der Waals surface area contributed by atoms with E-state index in [9.17, 15) is 0 Å². The number of aliphatic hydroxyl groups is 1. The number of hydrogen-bond acceptors (Lipinski definition) is 1. The molecule has 0 aromatic heterocycles. The molecular formula is C17H36O. The number of rotatable bonds is 13. The number of aliphatic hydroxyl groups excluding tert-OH is 1. The lowest BCUT2D eigenvalue weighted by Gasteiger charge is -2.12. The molecule has 0 fully saturated rings. The Balaban J connectivity index is 3.19. The molecule has 1 nitrogen and oxygen atoms in total. The number of unbranched alkanes of at least 4 members (excludes halogenated alkanes) is 6. The summed E-state index contributed by atoms with van der Waals surface area (Å²) < 4.78 is 0. The average molecular weight is 256 g/mol. The van der Waals surface area contributed by atoms with Gasteiger partial charge in [0.2, 0.25) is 0 Å². The molecule has 0 aliphatic carbocycles. The van der Waals surface area contributed by atoms with Gasteiger partial charge in [-0.1, -0.05) is 85.0 Å². The molecule has 0 saturated carbocycles. The van der Waals surface area contributed by atoms with Crippen molar-refractivity contribution in [1.29, 1.82) is 0 Å². The first kappa shape index (κ1) is 18.0. The Hall–Kier alpha value is -0.0400. The third-order valence-electron chi connectivity index (χ3n) is 4.01. The first-order chi connectivity index (χ1) is 8.70. The summed E-state index contributed by atoms with van der Waals surface area (Å²) in [6.07, 6.45) is 15.2. The summed E-state index contributed by atoms with van der Waals surface area (Å²) >= 11 is 0. The molecule has 0 rings (SSSR count). The van der Waals surface area contributed by atoms with Crippen LogP contribution in [-0.4, -0.2) is 11.7 Å². The molecule has 0 aliphatic heterocycles. The lowest BCUT2D eigenvalue weighted by molar-refractivity contribution is 0.225. The van der Waals surface area contributed by atoms with Gasteiger partial charge in [-0.15, -0.1) is 0 Å². The monoisotopic (exact) mass is 256 g/mol. The fraction of sp³-hybridized carbons (Fsp3) is 1.00. The van der Waals surface area contributed by atoms with Crippen molar-refractivity contribution in [1.82, 2.24) is 0 Å². The maximum Gasteiger partial charge on any atom is 0.0456 e. The van der Waals surface area contributed by atoms with E-state index in [0.29, 0.717) is 12.5 Å². The zero-order valence-electron chi connectivity index (χ0n) is 13.1. The minimum absolute atomic E-state index is 0.353. The Kier molecular flexibility index (Phi) is 13.4. The second-order valence-corrected chi connectivity index (χ2v) is 6.23. The molecule has 18 heavy (non-hydrogen) atoms. The van der Waals surface area contributed by atoms with Crippen molar-refractivity contribution >= 4 is 0 Å². The molecule has 0 aromatic rings. The Morgan fingerprint density at radius 2 is 1.17 bits per heavy atom. The van der Waals surface area contributed by atoms with Crippen molar-refractivity contribution in [3.63, 3.8) is 0 Å². The summed E-state index contributed by atoms with van der Waals surface area (Å²) in [4.78, 5) is 0. The highest BCUT2D eigenvalue weighted by Gasteiger charge is 2.04. The normalized spacial score (nSPS) is 14.7. The summed E-state index contributed by atoms with van der Waals surface area (Å²) in [5.74, 6) is 1.38. The van der Waals surface area contributed by atoms with E-state index in [1.165, 1.54) is 70.6 Å². The van der Waals surface area contributed by atoms with Gasteiger partial charge in [0.25, 0.3) is 0 Å². The lowest BCUT2D eigenvalue weighted by Crippen LogP contribution is -2.02. The summed E-state index contributed by atoms with van der Waals surface area (Å²) in [5, 5.41) is 8.96. The topological polar surface area (TPSA) is 20.2 Å². The van der Waals surface area contributed by atoms with E-state index in [4.69, 9.17) is 5.11 Å². The van der Waals surface area contributed by atoms with Crippen LogP contribution in [0, 0.1) is 11.8 Å². The van der Waals surface area contributed by atoms with Crippen molar-refractivity contribution < 1.29 is 5.11 Å². The third kappa shape index (κ3) is 12.4. The molecule has 0 radical (unpaired) electrons. The van der Waals surface area contributed by atoms with Crippen molar-refractivity contribution in [2.45, 2.75) is 91.4 Å². The van der Waals surface area contributed by atoms with Crippen LogP contribution in [0.4, 0.5) is 0 Å². The molecule has 110 valence electrons. The van der Waals surface area contributed by atoms with Gasteiger partial charge < -0.3 is 5.11 Å². The second kappa shape index (κ2) is 13.4. The maximum absolute atomic E-state index is 8.96. The van der Waals surface area contributed by atoms with Gasteiger partial charge in [0.1, 0.15) is 0 Å². The van der Waals surface area contributed by atoms with Gasteiger partial charge in [0, 0.05) is 6.61 Å². The van der Waals surface area contributed by atoms with Gasteiger partial charge in [-0.05, 0) is 18.3 Å². The van der Waals surface area contributed by atoms with Crippen LogP contribution < -0.4 is 0 Å². The van der Waals surface area contributed by atoms with Crippen LogP contribution >= 0.6 is 0 Å². The average Bonchev–Trinajstić information content (AvgIpc) is 2.37. The Labute approximate surface area is 115 Å². The zero-order chi connectivity index (χ0) is 13.6. The maximum atomic E-state index is 8.96. The number of hydrogen-bond donors (Lipinski definition) is 1. The SMILES string of the molecule is CCCCCCCCC[C@H](C)CCC[C@@H](C)CO. The smallest absolute Gasteiger partial charge is 0.0456 e. The molecule has 1 heteroatoms. The van der Waals surface area contributed by atoms with Crippen molar-refractivity contribution in [3.05, 3.63) is 0 Å². The molecule has 0 aliphatic rings. The van der Waals surface area contributed by atoms with Crippen LogP contribution in [0.2, 0.25) is 0 Å². The molecule has 0 unspecified atom stereocenters. The van der Waals surface area contributed by atoms with Crippen LogP contribution in [0.1, 0.15) is 91.4 Å². The summed E-state index contributed by atoms with van der Waals surface area (Å²) in [7, 11) is 0. The van der Waals surface area contributed by atoms with E-state index >= 15 is 0 Å². The Morgan fingerprint density at radius 3 is 1.78 bits per heavy atom. The van der Waals surface area contributed by atoms with Crippen molar-refractivity contribution in [2.24, 2.45) is 11.8 Å². The van der Waals surface area contributed by atoms with Crippen molar-refractivity contribution in [2.75, 3.05) is 6.61 Å². The highest BCUT2D eigenvalue weighted by Crippen LogP contribution is 2.18. The quantitative estimate of drug-likeness (QED) is 0.428. The second-order valence-electron chi connectivity index (χ2n) is 6.23. The van der Waals surface area contributed by atoms with Gasteiger partial charge in [-0.3, -0.25) is 0 Å².